The van der Waals surface area contributed by atoms with E-state index in [0.717, 1.165) is 31.5 Å². The predicted octanol–water partition coefficient (Wildman–Crippen LogP) is 3.51. The second-order valence-electron chi connectivity index (χ2n) is 8.28. The number of hydrogen-bond donors (Lipinski definition) is 2. The Hall–Kier alpha value is -3.75. The van der Waals surface area contributed by atoms with Gasteiger partial charge in [0.15, 0.2) is 0 Å². The molecule has 4 heterocycles. The van der Waals surface area contributed by atoms with Gasteiger partial charge in [-0.1, -0.05) is 6.07 Å². The maximum atomic E-state index is 12.5. The molecular weight excluding hydrogens is 526 g/mol. The van der Waals surface area contributed by atoms with Gasteiger partial charge in [0, 0.05) is 62.9 Å². The number of hydrogen-bond acceptors (Lipinski definition) is 6. The minimum Gasteiger partial charge on any atom is -0.475 e. The quantitative estimate of drug-likeness (QED) is 0.555. The summed E-state index contributed by atoms with van der Waals surface area (Å²) in [5, 5.41) is 14.2. The Kier molecular flexibility index (Phi) is 10.6. The summed E-state index contributed by atoms with van der Waals surface area (Å²) in [7, 11) is 0. The fourth-order valence-corrected chi connectivity index (χ4v) is 4.05. The Balaban J connectivity index is 0.000000301. The predicted molar refractivity (Wildman–Crippen MR) is 118 cm³/mol. The van der Waals surface area contributed by atoms with Crippen molar-refractivity contribution in [3.8, 4) is 0 Å². The number of pyridine rings is 2. The van der Waals surface area contributed by atoms with Crippen LogP contribution >= 0.6 is 0 Å². The number of amides is 1. The number of rotatable bonds is 4. The van der Waals surface area contributed by atoms with Crippen LogP contribution < -0.4 is 0 Å². The van der Waals surface area contributed by atoms with Gasteiger partial charge >= 0.3 is 24.3 Å². The van der Waals surface area contributed by atoms with Gasteiger partial charge in [0.05, 0.1) is 0 Å². The molecule has 1 amide bonds. The van der Waals surface area contributed by atoms with Gasteiger partial charge in [-0.25, -0.2) is 9.59 Å². The molecule has 208 valence electrons. The molecule has 2 atom stereocenters. The number of carboxylic acid groups (broad SMARTS) is 2. The van der Waals surface area contributed by atoms with Crippen molar-refractivity contribution >= 4 is 17.8 Å². The maximum Gasteiger partial charge on any atom is 0.490 e. The van der Waals surface area contributed by atoms with Crippen LogP contribution in [0.1, 0.15) is 30.4 Å². The van der Waals surface area contributed by atoms with Gasteiger partial charge in [-0.3, -0.25) is 19.7 Å². The summed E-state index contributed by atoms with van der Waals surface area (Å²) in [5.41, 5.74) is 2.40. The lowest BCUT2D eigenvalue weighted by Crippen LogP contribution is -2.51. The first kappa shape index (κ1) is 30.5. The van der Waals surface area contributed by atoms with Gasteiger partial charge < -0.3 is 15.1 Å². The van der Waals surface area contributed by atoms with E-state index in [9.17, 15) is 31.1 Å². The molecule has 2 aromatic rings. The number of fused-ring (bicyclic) bond motifs is 1. The van der Waals surface area contributed by atoms with Gasteiger partial charge in [0.25, 0.3) is 0 Å². The molecule has 2 aliphatic heterocycles. The minimum atomic E-state index is -5.08. The zero-order valence-corrected chi connectivity index (χ0v) is 19.7. The second kappa shape index (κ2) is 13.2. The molecular formula is C23H24F6N4O5. The highest BCUT2D eigenvalue weighted by Crippen LogP contribution is 2.33. The Morgan fingerprint density at radius 2 is 1.42 bits per heavy atom. The van der Waals surface area contributed by atoms with Crippen LogP contribution in [0, 0.1) is 0 Å². The number of carboxylic acids is 2. The fourth-order valence-electron chi connectivity index (χ4n) is 4.05. The van der Waals surface area contributed by atoms with Crippen LogP contribution in [0.5, 0.6) is 0 Å². The summed E-state index contributed by atoms with van der Waals surface area (Å²) in [4.78, 5) is 43.2. The Morgan fingerprint density at radius 1 is 0.842 bits per heavy atom. The zero-order valence-electron chi connectivity index (χ0n) is 19.7. The van der Waals surface area contributed by atoms with Crippen LogP contribution in [0.15, 0.2) is 49.1 Å². The van der Waals surface area contributed by atoms with Gasteiger partial charge in [0.2, 0.25) is 5.91 Å². The summed E-state index contributed by atoms with van der Waals surface area (Å²) in [6.07, 6.45) is -0.147. The van der Waals surface area contributed by atoms with Crippen LogP contribution in [0.4, 0.5) is 26.3 Å². The summed E-state index contributed by atoms with van der Waals surface area (Å²) in [6, 6.07) is 8.91. The first-order valence-corrected chi connectivity index (χ1v) is 11.1. The van der Waals surface area contributed by atoms with E-state index in [0.29, 0.717) is 25.0 Å². The monoisotopic (exact) mass is 550 g/mol. The van der Waals surface area contributed by atoms with E-state index in [-0.39, 0.29) is 5.91 Å². The molecule has 0 bridgehead atoms. The van der Waals surface area contributed by atoms with E-state index >= 15 is 0 Å². The summed E-state index contributed by atoms with van der Waals surface area (Å²) in [6.45, 7) is 2.67. The molecule has 9 nitrogen and oxygen atoms in total. The Labute approximate surface area is 212 Å². The zero-order chi connectivity index (χ0) is 28.5. The number of halogens is 6. The van der Waals surface area contributed by atoms with Crippen LogP contribution in [0.2, 0.25) is 0 Å². The summed E-state index contributed by atoms with van der Waals surface area (Å²) >= 11 is 0. The van der Waals surface area contributed by atoms with Gasteiger partial charge in [-0.15, -0.1) is 0 Å². The van der Waals surface area contributed by atoms with E-state index in [1.54, 1.807) is 12.4 Å². The highest BCUT2D eigenvalue weighted by molar-refractivity contribution is 5.77. The van der Waals surface area contributed by atoms with Crippen molar-refractivity contribution in [3.63, 3.8) is 0 Å². The lowest BCUT2D eigenvalue weighted by atomic mass is 9.95. The largest absolute Gasteiger partial charge is 0.490 e. The molecule has 15 heteroatoms. The number of alkyl halides is 6. The number of piperidine rings is 1. The average Bonchev–Trinajstić information content (AvgIpc) is 3.24. The van der Waals surface area contributed by atoms with Crippen LogP contribution in [0.3, 0.4) is 0 Å². The lowest BCUT2D eigenvalue weighted by molar-refractivity contribution is -0.193. The molecule has 0 unspecified atom stereocenters. The third-order valence-corrected chi connectivity index (χ3v) is 5.70. The van der Waals surface area contributed by atoms with E-state index in [1.807, 2.05) is 30.6 Å². The number of aromatic nitrogens is 2. The van der Waals surface area contributed by atoms with E-state index < -0.39 is 24.3 Å². The van der Waals surface area contributed by atoms with Gasteiger partial charge in [-0.05, 0) is 42.2 Å². The van der Waals surface area contributed by atoms with Crippen molar-refractivity contribution in [1.82, 2.24) is 19.8 Å². The Morgan fingerprint density at radius 3 is 1.92 bits per heavy atom. The smallest absolute Gasteiger partial charge is 0.475 e. The van der Waals surface area contributed by atoms with Crippen molar-refractivity contribution in [1.29, 1.82) is 0 Å². The highest BCUT2D eigenvalue weighted by atomic mass is 19.4. The molecule has 0 aromatic carbocycles. The minimum absolute atomic E-state index is 0.288. The Bertz CT molecular complexity index is 1050. The maximum absolute atomic E-state index is 12.5. The molecule has 0 radical (unpaired) electrons. The van der Waals surface area contributed by atoms with E-state index in [1.165, 1.54) is 5.56 Å². The van der Waals surface area contributed by atoms with Crippen LogP contribution in [-0.4, -0.2) is 78.8 Å². The molecule has 0 spiro atoms. The molecule has 4 rings (SSSR count). The van der Waals surface area contributed by atoms with Crippen molar-refractivity contribution in [2.45, 2.75) is 56.8 Å². The molecule has 38 heavy (non-hydrogen) atoms. The van der Waals surface area contributed by atoms with Crippen molar-refractivity contribution in [2.75, 3.05) is 6.54 Å². The number of nitrogens with zero attached hydrogens (tertiary/aromatic N) is 4. The standard InChI is InChI=1S/C19H22N4O.2C2HF3O2/c24-19-4-3-17-18(23(19)14-15-5-9-20-10-6-15)7-11-22(17)13-16-2-1-8-21-12-16;2*3-2(4,5)1(6)7/h1-2,5-6,8-10,12,17-18H,3-4,7,11,13-14H2;2*(H,6,7)/t17-,18-;;/m1../s1. The summed E-state index contributed by atoms with van der Waals surface area (Å²) in [5.74, 6) is -5.23. The van der Waals surface area contributed by atoms with E-state index in [4.69, 9.17) is 19.8 Å². The topological polar surface area (TPSA) is 124 Å². The molecule has 2 aliphatic rings. The first-order valence-electron chi connectivity index (χ1n) is 11.1. The molecule has 2 fully saturated rings. The SMILES string of the molecule is O=C(O)C(F)(F)F.O=C(O)C(F)(F)F.O=C1CC[C@@H]2[C@@H](CCN2Cc2cccnc2)N1Cc1ccncc1. The first-order chi connectivity index (χ1) is 17.7. The molecule has 0 aliphatic carbocycles. The van der Waals surface area contributed by atoms with Crippen molar-refractivity contribution in [2.24, 2.45) is 0 Å². The number of aliphatic carboxylic acids is 2. The number of carbonyl (C=O) groups excluding carboxylic acids is 1. The lowest BCUT2D eigenvalue weighted by Gasteiger charge is -2.40. The van der Waals surface area contributed by atoms with Crippen molar-refractivity contribution < 1.29 is 50.9 Å². The third-order valence-electron chi connectivity index (χ3n) is 5.70. The molecule has 2 N–H and O–H groups in total. The van der Waals surface area contributed by atoms with Crippen LogP contribution in [-0.2, 0) is 27.5 Å². The number of likely N-dealkylation sites (tertiary alicyclic amines) is 2. The average molecular weight is 550 g/mol. The van der Waals surface area contributed by atoms with E-state index in [2.05, 4.69) is 25.8 Å². The van der Waals surface area contributed by atoms with Gasteiger partial charge in [0.1, 0.15) is 0 Å². The fraction of sp³-hybridized carbons (Fsp3) is 0.435. The van der Waals surface area contributed by atoms with Crippen LogP contribution in [0.25, 0.3) is 0 Å². The highest BCUT2D eigenvalue weighted by Gasteiger charge is 2.43. The normalized spacial score (nSPS) is 19.4. The van der Waals surface area contributed by atoms with Gasteiger partial charge in [-0.2, -0.15) is 26.3 Å². The molecule has 2 saturated heterocycles. The molecule has 0 saturated carbocycles. The third kappa shape index (κ3) is 9.28. The summed E-state index contributed by atoms with van der Waals surface area (Å²) < 4.78 is 63.5. The second-order valence-corrected chi connectivity index (χ2v) is 8.28. The number of carbonyl (C=O) groups is 3. The van der Waals surface area contributed by atoms with Crippen molar-refractivity contribution in [3.05, 3.63) is 60.2 Å². The molecule has 2 aromatic heterocycles.